The molecule has 0 unspecified atom stereocenters. The Morgan fingerprint density at radius 1 is 1.45 bits per heavy atom. The maximum Gasteiger partial charge on any atom is 0.244 e. The molecule has 0 atom stereocenters. The molecule has 20 heavy (non-hydrogen) atoms. The van der Waals surface area contributed by atoms with Crippen molar-refractivity contribution in [3.05, 3.63) is 36.2 Å². The Morgan fingerprint density at radius 3 is 2.90 bits per heavy atom. The number of hydrogen-bond donors (Lipinski definition) is 2. The Morgan fingerprint density at radius 2 is 2.20 bits per heavy atom. The van der Waals surface area contributed by atoms with Gasteiger partial charge in [-0.15, -0.1) is 0 Å². The van der Waals surface area contributed by atoms with E-state index in [9.17, 15) is 4.79 Å². The fraction of sp³-hybridized carbons (Fsp3) is 0.333. The maximum absolute atomic E-state index is 11.8. The molecule has 0 bridgehead atoms. The van der Waals surface area contributed by atoms with E-state index in [-0.39, 0.29) is 12.5 Å². The highest BCUT2D eigenvalue weighted by Gasteiger charge is 2.18. The van der Waals surface area contributed by atoms with Crippen LogP contribution in [0.3, 0.4) is 0 Å². The van der Waals surface area contributed by atoms with E-state index in [2.05, 4.69) is 10.3 Å². The molecule has 0 saturated heterocycles. The van der Waals surface area contributed by atoms with Crippen molar-refractivity contribution < 1.29 is 14.3 Å². The molecule has 2 aromatic rings. The fourth-order valence-corrected chi connectivity index (χ4v) is 1.83. The van der Waals surface area contributed by atoms with Crippen LogP contribution < -0.4 is 5.32 Å². The van der Waals surface area contributed by atoms with Crippen LogP contribution in [0, 0.1) is 0 Å². The number of carbonyl (C=O) groups is 1. The highest BCUT2D eigenvalue weighted by Crippen LogP contribution is 2.15. The van der Waals surface area contributed by atoms with E-state index >= 15 is 0 Å². The average molecular weight is 274 g/mol. The minimum atomic E-state index is -0.447. The molecule has 0 fully saturated rings. The normalized spacial score (nSPS) is 12.2. The van der Waals surface area contributed by atoms with E-state index in [1.165, 1.54) is 12.2 Å². The van der Waals surface area contributed by atoms with Crippen LogP contribution >= 0.6 is 0 Å². The van der Waals surface area contributed by atoms with Crippen molar-refractivity contribution in [1.82, 2.24) is 10.3 Å². The van der Waals surface area contributed by atoms with Gasteiger partial charge in [-0.25, -0.2) is 4.98 Å². The number of nitrogens with zero attached hydrogens (tertiary/aromatic N) is 1. The van der Waals surface area contributed by atoms with E-state index in [0.717, 1.165) is 5.52 Å². The zero-order chi connectivity index (χ0) is 14.6. The summed E-state index contributed by atoms with van der Waals surface area (Å²) in [6.45, 7) is 3.74. The van der Waals surface area contributed by atoms with Crippen LogP contribution in [-0.2, 0) is 4.79 Å². The standard InChI is InChI=1S/C15H18N2O3/c1-15(2,9-10-18)17-13(19)7-8-14-16-11-5-3-4-6-12(11)20-14/h3-8,18H,9-10H2,1-2H3,(H,17,19)/b8-7+. The number of aromatic nitrogens is 1. The Bertz CT molecular complexity index is 596. The number of benzene rings is 1. The average Bonchev–Trinajstić information content (AvgIpc) is 2.78. The van der Waals surface area contributed by atoms with Crippen LogP contribution in [0.2, 0.25) is 0 Å². The first-order valence-corrected chi connectivity index (χ1v) is 6.47. The minimum Gasteiger partial charge on any atom is -0.437 e. The lowest BCUT2D eigenvalue weighted by atomic mass is 10.0. The molecule has 106 valence electrons. The summed E-state index contributed by atoms with van der Waals surface area (Å²) in [6.07, 6.45) is 3.41. The van der Waals surface area contributed by atoms with Crippen molar-refractivity contribution in [2.45, 2.75) is 25.8 Å². The molecule has 0 spiro atoms. The molecular weight excluding hydrogens is 256 g/mol. The molecule has 0 aliphatic carbocycles. The van der Waals surface area contributed by atoms with Crippen molar-refractivity contribution in [2.75, 3.05) is 6.61 Å². The van der Waals surface area contributed by atoms with Gasteiger partial charge in [0, 0.05) is 24.3 Å². The maximum atomic E-state index is 11.8. The Labute approximate surface area is 117 Å². The molecule has 1 aromatic heterocycles. The summed E-state index contributed by atoms with van der Waals surface area (Å²) in [5.74, 6) is 0.145. The van der Waals surface area contributed by atoms with Gasteiger partial charge in [-0.3, -0.25) is 4.79 Å². The molecule has 1 amide bonds. The lowest BCUT2D eigenvalue weighted by Crippen LogP contribution is -2.43. The largest absolute Gasteiger partial charge is 0.437 e. The van der Waals surface area contributed by atoms with Crippen molar-refractivity contribution >= 4 is 23.1 Å². The quantitative estimate of drug-likeness (QED) is 0.819. The zero-order valence-corrected chi connectivity index (χ0v) is 11.6. The zero-order valence-electron chi connectivity index (χ0n) is 11.6. The molecule has 5 heteroatoms. The summed E-state index contributed by atoms with van der Waals surface area (Å²) in [4.78, 5) is 16.0. The minimum absolute atomic E-state index is 0.0299. The Balaban J connectivity index is 2.03. The molecule has 0 aliphatic heterocycles. The Hall–Kier alpha value is -2.14. The predicted molar refractivity (Wildman–Crippen MR) is 77.0 cm³/mol. The van der Waals surface area contributed by atoms with Crippen LogP contribution in [-0.4, -0.2) is 28.1 Å². The second-order valence-electron chi connectivity index (χ2n) is 5.20. The first-order chi connectivity index (χ1) is 9.50. The van der Waals surface area contributed by atoms with Crippen LogP contribution in [0.15, 0.2) is 34.8 Å². The second-order valence-corrected chi connectivity index (χ2v) is 5.20. The van der Waals surface area contributed by atoms with Crippen LogP contribution in [0.1, 0.15) is 26.2 Å². The summed E-state index contributed by atoms with van der Waals surface area (Å²) in [6, 6.07) is 7.41. The number of rotatable bonds is 5. The number of aliphatic hydroxyl groups excluding tert-OH is 1. The number of carbonyl (C=O) groups excluding carboxylic acids is 1. The predicted octanol–water partition coefficient (Wildman–Crippen LogP) is 2.12. The molecule has 1 aromatic carbocycles. The third-order valence-corrected chi connectivity index (χ3v) is 2.89. The SMILES string of the molecule is CC(C)(CCO)NC(=O)/C=C/c1nc2ccccc2o1. The van der Waals surface area contributed by atoms with Gasteiger partial charge in [-0.05, 0) is 32.4 Å². The molecule has 0 aliphatic rings. The molecule has 0 saturated carbocycles. The van der Waals surface area contributed by atoms with Crippen molar-refractivity contribution in [3.8, 4) is 0 Å². The van der Waals surface area contributed by atoms with Crippen molar-refractivity contribution in [2.24, 2.45) is 0 Å². The molecule has 1 heterocycles. The number of fused-ring (bicyclic) bond motifs is 1. The summed E-state index contributed by atoms with van der Waals surface area (Å²) in [7, 11) is 0. The topological polar surface area (TPSA) is 75.4 Å². The number of hydrogen-bond acceptors (Lipinski definition) is 4. The first-order valence-electron chi connectivity index (χ1n) is 6.47. The van der Waals surface area contributed by atoms with Crippen LogP contribution in [0.5, 0.6) is 0 Å². The summed E-state index contributed by atoms with van der Waals surface area (Å²) >= 11 is 0. The van der Waals surface area contributed by atoms with Gasteiger partial charge in [-0.2, -0.15) is 0 Å². The summed E-state index contributed by atoms with van der Waals surface area (Å²) < 4.78 is 5.48. The number of nitrogens with one attached hydrogen (secondary N) is 1. The number of oxazole rings is 1. The third-order valence-electron chi connectivity index (χ3n) is 2.89. The van der Waals surface area contributed by atoms with Crippen LogP contribution in [0.25, 0.3) is 17.2 Å². The second kappa shape index (κ2) is 5.88. The summed E-state index contributed by atoms with van der Waals surface area (Å²) in [5.41, 5.74) is 0.999. The van der Waals surface area contributed by atoms with Gasteiger partial charge in [0.05, 0.1) is 0 Å². The van der Waals surface area contributed by atoms with E-state index in [0.29, 0.717) is 17.9 Å². The smallest absolute Gasteiger partial charge is 0.244 e. The third kappa shape index (κ3) is 3.68. The van der Waals surface area contributed by atoms with Gasteiger partial charge < -0.3 is 14.8 Å². The van der Waals surface area contributed by atoms with E-state index in [1.807, 2.05) is 38.1 Å². The molecule has 5 nitrogen and oxygen atoms in total. The fourth-order valence-electron chi connectivity index (χ4n) is 1.83. The number of amides is 1. The van der Waals surface area contributed by atoms with Gasteiger partial charge in [0.1, 0.15) is 5.52 Å². The summed E-state index contributed by atoms with van der Waals surface area (Å²) in [5, 5.41) is 11.7. The molecule has 0 radical (unpaired) electrons. The van der Waals surface area contributed by atoms with Crippen molar-refractivity contribution in [1.29, 1.82) is 0 Å². The van der Waals surface area contributed by atoms with Gasteiger partial charge in [-0.1, -0.05) is 12.1 Å². The van der Waals surface area contributed by atoms with Crippen LogP contribution in [0.4, 0.5) is 0 Å². The number of aliphatic hydroxyl groups is 1. The first kappa shape index (κ1) is 14.3. The highest BCUT2D eigenvalue weighted by molar-refractivity contribution is 5.92. The lowest BCUT2D eigenvalue weighted by Gasteiger charge is -2.24. The van der Waals surface area contributed by atoms with E-state index in [1.54, 1.807) is 0 Å². The van der Waals surface area contributed by atoms with Crippen molar-refractivity contribution in [3.63, 3.8) is 0 Å². The van der Waals surface area contributed by atoms with Gasteiger partial charge in [0.2, 0.25) is 11.8 Å². The lowest BCUT2D eigenvalue weighted by molar-refractivity contribution is -0.118. The van der Waals surface area contributed by atoms with Gasteiger partial charge in [0.15, 0.2) is 5.58 Å². The van der Waals surface area contributed by atoms with Gasteiger partial charge >= 0.3 is 0 Å². The van der Waals surface area contributed by atoms with Gasteiger partial charge in [0.25, 0.3) is 0 Å². The molecule has 2 rings (SSSR count). The molecular formula is C15H18N2O3. The highest BCUT2D eigenvalue weighted by atomic mass is 16.3. The van der Waals surface area contributed by atoms with E-state index in [4.69, 9.17) is 9.52 Å². The van der Waals surface area contributed by atoms with E-state index < -0.39 is 5.54 Å². The molecule has 2 N–H and O–H groups in total. The number of para-hydroxylation sites is 2. The Kier molecular flexibility index (Phi) is 4.20. The monoisotopic (exact) mass is 274 g/mol.